The summed E-state index contributed by atoms with van der Waals surface area (Å²) in [6.07, 6.45) is 1.60. The van der Waals surface area contributed by atoms with Crippen LogP contribution in [0, 0.1) is 0 Å². The third-order valence-electron chi connectivity index (χ3n) is 3.76. The van der Waals surface area contributed by atoms with E-state index in [9.17, 15) is 9.59 Å². The molecule has 0 aliphatic rings. The molecule has 128 valence electrons. The van der Waals surface area contributed by atoms with Crippen LogP contribution in [0.25, 0.3) is 0 Å². The predicted octanol–water partition coefficient (Wildman–Crippen LogP) is 3.93. The number of furan rings is 1. The van der Waals surface area contributed by atoms with Gasteiger partial charge in [-0.15, -0.1) is 0 Å². The molecule has 0 saturated heterocycles. The highest BCUT2D eigenvalue weighted by Crippen LogP contribution is 2.29. The molecule has 1 heterocycles. The second kappa shape index (κ2) is 8.22. The summed E-state index contributed by atoms with van der Waals surface area (Å²) >= 11 is 12.1. The van der Waals surface area contributed by atoms with E-state index >= 15 is 0 Å². The molecule has 0 bridgehead atoms. The molecule has 1 atom stereocenters. The number of hydrogen-bond donors (Lipinski definition) is 1. The molecule has 1 unspecified atom stereocenters. The van der Waals surface area contributed by atoms with Crippen LogP contribution < -0.4 is 5.32 Å². The molecule has 2 rings (SSSR count). The third kappa shape index (κ3) is 4.52. The number of nitrogens with one attached hydrogen (secondary N) is 1. The lowest BCUT2D eigenvalue weighted by molar-refractivity contribution is -0.131. The van der Waals surface area contributed by atoms with Crippen molar-refractivity contribution in [3.8, 4) is 0 Å². The highest BCUT2D eigenvalue weighted by Gasteiger charge is 2.19. The van der Waals surface area contributed by atoms with Crippen LogP contribution >= 0.6 is 23.2 Å². The number of benzene rings is 1. The van der Waals surface area contributed by atoms with Crippen LogP contribution in [0.4, 0.5) is 0 Å². The Morgan fingerprint density at radius 3 is 2.67 bits per heavy atom. The highest BCUT2D eigenvalue weighted by atomic mass is 35.5. The quantitative estimate of drug-likeness (QED) is 0.839. The van der Waals surface area contributed by atoms with Crippen LogP contribution in [0.15, 0.2) is 41.0 Å². The van der Waals surface area contributed by atoms with Crippen LogP contribution in [0.1, 0.15) is 35.5 Å². The van der Waals surface area contributed by atoms with Crippen LogP contribution in [0.3, 0.4) is 0 Å². The second-order valence-electron chi connectivity index (χ2n) is 5.33. The Hall–Kier alpha value is -1.98. The molecule has 0 saturated carbocycles. The summed E-state index contributed by atoms with van der Waals surface area (Å²) < 4.78 is 4.99. The van der Waals surface area contributed by atoms with Crippen molar-refractivity contribution >= 4 is 35.0 Å². The van der Waals surface area contributed by atoms with Crippen LogP contribution in [-0.4, -0.2) is 30.3 Å². The number of amides is 2. The van der Waals surface area contributed by atoms with Crippen molar-refractivity contribution in [3.05, 3.63) is 58.0 Å². The van der Waals surface area contributed by atoms with E-state index in [2.05, 4.69) is 5.32 Å². The van der Waals surface area contributed by atoms with Crippen LogP contribution in [0.2, 0.25) is 10.0 Å². The van der Waals surface area contributed by atoms with Crippen molar-refractivity contribution in [2.75, 3.05) is 13.6 Å². The van der Waals surface area contributed by atoms with Gasteiger partial charge in [0.1, 0.15) is 0 Å². The lowest BCUT2D eigenvalue weighted by Crippen LogP contribution is -2.33. The molecule has 0 aliphatic heterocycles. The molecule has 1 aromatic heterocycles. The number of hydrogen-bond acceptors (Lipinski definition) is 3. The van der Waals surface area contributed by atoms with E-state index in [-0.39, 0.29) is 36.6 Å². The van der Waals surface area contributed by atoms with Crippen LogP contribution in [-0.2, 0) is 4.79 Å². The summed E-state index contributed by atoms with van der Waals surface area (Å²) in [5.41, 5.74) is 0.816. The van der Waals surface area contributed by atoms with Gasteiger partial charge in [-0.2, -0.15) is 0 Å². The molecule has 0 radical (unpaired) electrons. The average Bonchev–Trinajstić information content (AvgIpc) is 3.08. The van der Waals surface area contributed by atoms with Crippen molar-refractivity contribution in [2.45, 2.75) is 19.4 Å². The van der Waals surface area contributed by atoms with E-state index in [1.165, 1.54) is 6.26 Å². The van der Waals surface area contributed by atoms with Crippen molar-refractivity contribution in [2.24, 2.45) is 0 Å². The lowest BCUT2D eigenvalue weighted by Gasteiger charge is -2.26. The monoisotopic (exact) mass is 368 g/mol. The van der Waals surface area contributed by atoms with Crippen molar-refractivity contribution in [1.29, 1.82) is 0 Å². The van der Waals surface area contributed by atoms with Gasteiger partial charge in [-0.25, -0.2) is 0 Å². The maximum absolute atomic E-state index is 12.3. The normalized spacial score (nSPS) is 11.8. The zero-order valence-corrected chi connectivity index (χ0v) is 14.9. The minimum Gasteiger partial charge on any atom is -0.459 e. The van der Waals surface area contributed by atoms with Gasteiger partial charge in [0.25, 0.3) is 5.91 Å². The first-order valence-electron chi connectivity index (χ1n) is 7.42. The van der Waals surface area contributed by atoms with Gasteiger partial charge in [0.05, 0.1) is 12.3 Å². The molecule has 24 heavy (non-hydrogen) atoms. The van der Waals surface area contributed by atoms with Gasteiger partial charge in [-0.05, 0) is 36.8 Å². The molecule has 0 fully saturated rings. The molecule has 1 N–H and O–H groups in total. The Bertz CT molecular complexity index is 717. The average molecular weight is 369 g/mol. The van der Waals surface area contributed by atoms with Gasteiger partial charge < -0.3 is 14.6 Å². The summed E-state index contributed by atoms with van der Waals surface area (Å²) in [5.74, 6) is -0.227. The highest BCUT2D eigenvalue weighted by molar-refractivity contribution is 6.35. The molecule has 2 aromatic rings. The fraction of sp³-hybridized carbons (Fsp3) is 0.294. The molecule has 7 heteroatoms. The van der Waals surface area contributed by atoms with Crippen molar-refractivity contribution < 1.29 is 14.0 Å². The number of rotatable bonds is 6. The maximum Gasteiger partial charge on any atom is 0.286 e. The molecule has 2 amide bonds. The first-order valence-corrected chi connectivity index (χ1v) is 8.18. The number of carbonyl (C=O) groups excluding carboxylic acids is 2. The molecule has 0 spiro atoms. The molecule has 0 aliphatic carbocycles. The fourth-order valence-corrected chi connectivity index (χ4v) is 2.79. The number of carbonyl (C=O) groups is 2. The van der Waals surface area contributed by atoms with Gasteiger partial charge in [0, 0.05) is 30.1 Å². The van der Waals surface area contributed by atoms with Gasteiger partial charge in [-0.3, -0.25) is 9.59 Å². The zero-order valence-electron chi connectivity index (χ0n) is 13.4. The SMILES string of the molecule is CC(c1ccc(Cl)cc1Cl)N(C)C(=O)CCNC(=O)c1ccco1. The van der Waals surface area contributed by atoms with E-state index in [1.807, 2.05) is 6.92 Å². The van der Waals surface area contributed by atoms with Crippen molar-refractivity contribution in [1.82, 2.24) is 10.2 Å². The zero-order chi connectivity index (χ0) is 17.7. The van der Waals surface area contributed by atoms with Gasteiger partial charge >= 0.3 is 0 Å². The first kappa shape index (κ1) is 18.4. The number of nitrogens with zero attached hydrogens (tertiary/aromatic N) is 1. The van der Waals surface area contributed by atoms with Gasteiger partial charge in [0.15, 0.2) is 5.76 Å². The Kier molecular flexibility index (Phi) is 6.29. The molecule has 5 nitrogen and oxygen atoms in total. The van der Waals surface area contributed by atoms with E-state index in [0.717, 1.165) is 5.56 Å². The summed E-state index contributed by atoms with van der Waals surface area (Å²) in [5, 5.41) is 3.71. The Morgan fingerprint density at radius 2 is 2.04 bits per heavy atom. The molecular weight excluding hydrogens is 351 g/mol. The Morgan fingerprint density at radius 1 is 1.29 bits per heavy atom. The van der Waals surface area contributed by atoms with E-state index in [4.69, 9.17) is 27.6 Å². The standard InChI is InChI=1S/C17H18Cl2N2O3/c1-11(13-6-5-12(18)10-14(13)19)21(2)16(22)7-8-20-17(23)15-4-3-9-24-15/h3-6,9-11H,7-8H2,1-2H3,(H,20,23). The van der Waals surface area contributed by atoms with Gasteiger partial charge in [0.2, 0.25) is 5.91 Å². The van der Waals surface area contributed by atoms with Gasteiger partial charge in [-0.1, -0.05) is 29.3 Å². The topological polar surface area (TPSA) is 62.6 Å². The third-order valence-corrected chi connectivity index (χ3v) is 4.32. The van der Waals surface area contributed by atoms with E-state index in [0.29, 0.717) is 10.0 Å². The first-order chi connectivity index (χ1) is 11.4. The summed E-state index contributed by atoms with van der Waals surface area (Å²) in [7, 11) is 1.70. The minimum atomic E-state index is -0.343. The largest absolute Gasteiger partial charge is 0.459 e. The Labute approximate surface area is 150 Å². The minimum absolute atomic E-state index is 0.103. The van der Waals surface area contributed by atoms with Crippen LogP contribution in [0.5, 0.6) is 0 Å². The Balaban J connectivity index is 1.88. The van der Waals surface area contributed by atoms with Crippen molar-refractivity contribution in [3.63, 3.8) is 0 Å². The number of halogens is 2. The smallest absolute Gasteiger partial charge is 0.286 e. The lowest BCUT2D eigenvalue weighted by atomic mass is 10.1. The molecular formula is C17H18Cl2N2O3. The predicted molar refractivity (Wildman–Crippen MR) is 93.3 cm³/mol. The summed E-state index contributed by atoms with van der Waals surface area (Å²) in [6.45, 7) is 2.11. The second-order valence-corrected chi connectivity index (χ2v) is 6.17. The maximum atomic E-state index is 12.3. The fourth-order valence-electron chi connectivity index (χ4n) is 2.22. The summed E-state index contributed by atoms with van der Waals surface area (Å²) in [4.78, 5) is 25.6. The summed E-state index contributed by atoms with van der Waals surface area (Å²) in [6, 6.07) is 8.18. The van der Waals surface area contributed by atoms with E-state index < -0.39 is 0 Å². The molecule has 1 aromatic carbocycles. The van der Waals surface area contributed by atoms with E-state index in [1.54, 1.807) is 42.3 Å².